The van der Waals surface area contributed by atoms with Gasteiger partial charge in [0.25, 0.3) is 0 Å². The second-order valence-electron chi connectivity index (χ2n) is 4.63. The largest absolute Gasteiger partial charge is 0.496 e. The molecule has 1 aromatic carbocycles. The lowest BCUT2D eigenvalue weighted by Crippen LogP contribution is -2.23. The number of methoxy groups -OCH3 is 1. The fourth-order valence-electron chi connectivity index (χ4n) is 2.04. The normalized spacial score (nSPS) is 10.9. The zero-order valence-electron chi connectivity index (χ0n) is 11.8. The van der Waals surface area contributed by atoms with Gasteiger partial charge in [-0.25, -0.2) is 0 Å². The molecule has 1 aromatic rings. The number of likely N-dealkylation sites (N-methyl/N-ethyl adjacent to an activating group) is 1. The number of rotatable bonds is 8. The quantitative estimate of drug-likeness (QED) is 0.768. The Labute approximate surface area is 110 Å². The van der Waals surface area contributed by atoms with E-state index in [1.54, 1.807) is 7.11 Å². The van der Waals surface area contributed by atoms with Gasteiger partial charge in [-0.15, -0.1) is 0 Å². The van der Waals surface area contributed by atoms with Crippen LogP contribution in [0.4, 0.5) is 0 Å². The van der Waals surface area contributed by atoms with Crippen molar-refractivity contribution in [3.05, 3.63) is 29.3 Å². The lowest BCUT2D eigenvalue weighted by atomic mass is 10.1. The first-order chi connectivity index (χ1) is 8.71. The Kier molecular flexibility index (Phi) is 6.76. The first-order valence-electron chi connectivity index (χ1n) is 6.66. The Bertz CT molecular complexity index is 352. The molecule has 0 aliphatic carbocycles. The molecule has 0 saturated carbocycles. The summed E-state index contributed by atoms with van der Waals surface area (Å²) in [6.07, 6.45) is 2.88. The molecule has 102 valence electrons. The average molecular weight is 251 g/mol. The number of nitrogens with zero attached hydrogens (tertiary/aromatic N) is 1. The second kappa shape index (κ2) is 8.11. The summed E-state index contributed by atoms with van der Waals surface area (Å²) in [5, 5.41) is 8.79. The minimum atomic E-state index is 0.271. The van der Waals surface area contributed by atoms with Crippen LogP contribution in [0.2, 0.25) is 0 Å². The molecule has 0 bridgehead atoms. The van der Waals surface area contributed by atoms with Gasteiger partial charge >= 0.3 is 0 Å². The Morgan fingerprint density at radius 1 is 1.28 bits per heavy atom. The van der Waals surface area contributed by atoms with Crippen LogP contribution < -0.4 is 4.74 Å². The minimum Gasteiger partial charge on any atom is -0.496 e. The van der Waals surface area contributed by atoms with Gasteiger partial charge in [0.2, 0.25) is 0 Å². The first-order valence-corrected chi connectivity index (χ1v) is 6.66. The van der Waals surface area contributed by atoms with Gasteiger partial charge in [-0.2, -0.15) is 0 Å². The zero-order valence-corrected chi connectivity index (χ0v) is 11.8. The molecular formula is C15H25NO2. The molecule has 18 heavy (non-hydrogen) atoms. The van der Waals surface area contributed by atoms with E-state index < -0.39 is 0 Å². The van der Waals surface area contributed by atoms with Crippen molar-refractivity contribution < 1.29 is 9.84 Å². The maximum Gasteiger partial charge on any atom is 0.122 e. The van der Waals surface area contributed by atoms with Crippen LogP contribution in [0.15, 0.2) is 18.2 Å². The van der Waals surface area contributed by atoms with Gasteiger partial charge in [-0.3, -0.25) is 0 Å². The highest BCUT2D eigenvalue weighted by molar-refractivity contribution is 5.37. The number of aliphatic hydroxyl groups is 1. The van der Waals surface area contributed by atoms with Crippen LogP contribution in [-0.2, 0) is 12.8 Å². The molecular weight excluding hydrogens is 226 g/mol. The van der Waals surface area contributed by atoms with E-state index in [0.29, 0.717) is 0 Å². The second-order valence-corrected chi connectivity index (χ2v) is 4.63. The molecule has 1 rings (SSSR count). The SMILES string of the molecule is CCc1cc(CCN(C)CCCO)ccc1OC. The van der Waals surface area contributed by atoms with Crippen LogP contribution in [0.5, 0.6) is 5.75 Å². The molecule has 0 heterocycles. The standard InChI is InChI=1S/C15H25NO2/c1-4-14-12-13(6-7-15(14)18-3)8-10-16(2)9-5-11-17/h6-7,12,17H,4-5,8-11H2,1-3H3. The number of aliphatic hydroxyl groups excluding tert-OH is 1. The van der Waals surface area contributed by atoms with Gasteiger partial charge in [-0.1, -0.05) is 19.1 Å². The molecule has 0 aliphatic rings. The molecule has 3 nitrogen and oxygen atoms in total. The van der Waals surface area contributed by atoms with Crippen molar-refractivity contribution in [3.63, 3.8) is 0 Å². The van der Waals surface area contributed by atoms with Gasteiger partial charge in [0.05, 0.1) is 7.11 Å². The molecule has 0 atom stereocenters. The molecule has 0 aliphatic heterocycles. The van der Waals surface area contributed by atoms with Crippen LogP contribution in [0.3, 0.4) is 0 Å². The van der Waals surface area contributed by atoms with Crippen molar-refractivity contribution in [2.75, 3.05) is 33.9 Å². The van der Waals surface area contributed by atoms with Crippen LogP contribution >= 0.6 is 0 Å². The van der Waals surface area contributed by atoms with Crippen molar-refractivity contribution in [1.29, 1.82) is 0 Å². The van der Waals surface area contributed by atoms with Gasteiger partial charge in [0, 0.05) is 19.7 Å². The van der Waals surface area contributed by atoms with E-state index in [9.17, 15) is 0 Å². The van der Waals surface area contributed by atoms with E-state index in [2.05, 4.69) is 37.1 Å². The van der Waals surface area contributed by atoms with E-state index in [1.165, 1.54) is 11.1 Å². The third-order valence-corrected chi connectivity index (χ3v) is 3.21. The van der Waals surface area contributed by atoms with Crippen molar-refractivity contribution >= 4 is 0 Å². The molecule has 0 fully saturated rings. The van der Waals surface area contributed by atoms with Crippen LogP contribution in [0.1, 0.15) is 24.5 Å². The van der Waals surface area contributed by atoms with Crippen LogP contribution in [0.25, 0.3) is 0 Å². The highest BCUT2D eigenvalue weighted by Gasteiger charge is 2.04. The predicted octanol–water partition coefficient (Wildman–Crippen LogP) is 2.11. The van der Waals surface area contributed by atoms with Crippen molar-refractivity contribution in [2.45, 2.75) is 26.2 Å². The average Bonchev–Trinajstić information content (AvgIpc) is 2.42. The smallest absolute Gasteiger partial charge is 0.122 e. The summed E-state index contributed by atoms with van der Waals surface area (Å²) < 4.78 is 5.33. The number of hydrogen-bond acceptors (Lipinski definition) is 3. The van der Waals surface area contributed by atoms with E-state index in [0.717, 1.165) is 38.1 Å². The van der Waals surface area contributed by atoms with Crippen molar-refractivity contribution in [3.8, 4) is 5.75 Å². The van der Waals surface area contributed by atoms with Crippen LogP contribution in [-0.4, -0.2) is 43.9 Å². The van der Waals surface area contributed by atoms with E-state index in [-0.39, 0.29) is 6.61 Å². The molecule has 0 saturated heterocycles. The van der Waals surface area contributed by atoms with Gasteiger partial charge in [0.1, 0.15) is 5.75 Å². The fraction of sp³-hybridized carbons (Fsp3) is 0.600. The molecule has 0 amide bonds. The summed E-state index contributed by atoms with van der Waals surface area (Å²) in [6, 6.07) is 6.43. The monoisotopic (exact) mass is 251 g/mol. The molecule has 1 N–H and O–H groups in total. The molecule has 0 unspecified atom stereocenters. The Hall–Kier alpha value is -1.06. The zero-order chi connectivity index (χ0) is 13.4. The molecule has 0 spiro atoms. The summed E-state index contributed by atoms with van der Waals surface area (Å²) in [6.45, 7) is 4.39. The maximum atomic E-state index is 8.79. The van der Waals surface area contributed by atoms with Gasteiger partial charge < -0.3 is 14.7 Å². The lowest BCUT2D eigenvalue weighted by molar-refractivity contribution is 0.248. The summed E-state index contributed by atoms with van der Waals surface area (Å²) in [7, 11) is 3.82. The molecule has 0 radical (unpaired) electrons. The molecule has 3 heteroatoms. The Balaban J connectivity index is 2.52. The van der Waals surface area contributed by atoms with E-state index in [1.807, 2.05) is 0 Å². The number of benzene rings is 1. The topological polar surface area (TPSA) is 32.7 Å². The van der Waals surface area contributed by atoms with E-state index >= 15 is 0 Å². The van der Waals surface area contributed by atoms with E-state index in [4.69, 9.17) is 9.84 Å². The summed E-state index contributed by atoms with van der Waals surface area (Å²) in [5.41, 5.74) is 2.62. The number of ether oxygens (including phenoxy) is 1. The minimum absolute atomic E-state index is 0.271. The third-order valence-electron chi connectivity index (χ3n) is 3.21. The molecule has 0 aromatic heterocycles. The first kappa shape index (κ1) is 15.0. The lowest BCUT2D eigenvalue weighted by Gasteiger charge is -2.16. The van der Waals surface area contributed by atoms with Crippen LogP contribution in [0, 0.1) is 0 Å². The van der Waals surface area contributed by atoms with Gasteiger partial charge in [-0.05, 0) is 43.5 Å². The Morgan fingerprint density at radius 3 is 2.67 bits per heavy atom. The van der Waals surface area contributed by atoms with Crippen molar-refractivity contribution in [1.82, 2.24) is 4.90 Å². The highest BCUT2D eigenvalue weighted by atomic mass is 16.5. The highest BCUT2D eigenvalue weighted by Crippen LogP contribution is 2.20. The number of aryl methyl sites for hydroxylation is 1. The predicted molar refractivity (Wildman–Crippen MR) is 75.3 cm³/mol. The summed E-state index contributed by atoms with van der Waals surface area (Å²) in [4.78, 5) is 2.26. The van der Waals surface area contributed by atoms with Gasteiger partial charge in [0.15, 0.2) is 0 Å². The maximum absolute atomic E-state index is 8.79. The third kappa shape index (κ3) is 4.67. The van der Waals surface area contributed by atoms with Crippen molar-refractivity contribution in [2.24, 2.45) is 0 Å². The Morgan fingerprint density at radius 2 is 2.06 bits per heavy atom. The summed E-state index contributed by atoms with van der Waals surface area (Å²) >= 11 is 0. The fourth-order valence-corrected chi connectivity index (χ4v) is 2.04. The summed E-state index contributed by atoms with van der Waals surface area (Å²) in [5.74, 6) is 0.981. The number of hydrogen-bond donors (Lipinski definition) is 1.